The summed E-state index contributed by atoms with van der Waals surface area (Å²) >= 11 is 0. The number of hydrogen-bond donors (Lipinski definition) is 1. The molecule has 18 heavy (non-hydrogen) atoms. The van der Waals surface area contributed by atoms with Gasteiger partial charge in [0.1, 0.15) is 0 Å². The predicted molar refractivity (Wildman–Crippen MR) is 71.2 cm³/mol. The number of aryl methyl sites for hydroxylation is 3. The van der Waals surface area contributed by atoms with Crippen molar-refractivity contribution in [1.29, 1.82) is 0 Å². The summed E-state index contributed by atoms with van der Waals surface area (Å²) in [7, 11) is 1.65. The standard InChI is InChI=1S/C14H16FN3/c1-8-5-6-9(2)11(7-8)13-17-10(3)12(15)14(16-4)18-13/h5-7H,1-4H3,(H,16,17,18). The van der Waals surface area contributed by atoms with Crippen molar-refractivity contribution in [3.8, 4) is 11.4 Å². The third-order valence-electron chi connectivity index (χ3n) is 2.89. The van der Waals surface area contributed by atoms with Gasteiger partial charge in [0.25, 0.3) is 0 Å². The third-order valence-corrected chi connectivity index (χ3v) is 2.89. The summed E-state index contributed by atoms with van der Waals surface area (Å²) in [5.41, 5.74) is 3.50. The van der Waals surface area contributed by atoms with Gasteiger partial charge in [0.05, 0.1) is 5.69 Å². The Bertz CT molecular complexity index is 594. The molecular weight excluding hydrogens is 229 g/mol. The zero-order chi connectivity index (χ0) is 13.3. The third kappa shape index (κ3) is 2.18. The summed E-state index contributed by atoms with van der Waals surface area (Å²) in [6.45, 7) is 5.65. The van der Waals surface area contributed by atoms with E-state index in [1.54, 1.807) is 14.0 Å². The first kappa shape index (κ1) is 12.5. The van der Waals surface area contributed by atoms with Gasteiger partial charge in [-0.1, -0.05) is 17.7 Å². The summed E-state index contributed by atoms with van der Waals surface area (Å²) < 4.78 is 13.7. The average Bonchev–Trinajstić information content (AvgIpc) is 2.35. The molecule has 0 aliphatic carbocycles. The first-order chi connectivity index (χ1) is 8.52. The minimum atomic E-state index is -0.397. The van der Waals surface area contributed by atoms with Crippen LogP contribution in [0, 0.1) is 26.6 Å². The summed E-state index contributed by atoms with van der Waals surface area (Å²) in [5, 5.41) is 2.75. The van der Waals surface area contributed by atoms with Gasteiger partial charge in [-0.2, -0.15) is 0 Å². The molecule has 1 heterocycles. The molecule has 3 nitrogen and oxygen atoms in total. The Morgan fingerprint density at radius 1 is 1.11 bits per heavy atom. The van der Waals surface area contributed by atoms with Crippen molar-refractivity contribution < 1.29 is 4.39 Å². The van der Waals surface area contributed by atoms with Crippen molar-refractivity contribution in [2.24, 2.45) is 0 Å². The molecule has 4 heteroatoms. The zero-order valence-electron chi connectivity index (χ0n) is 11.0. The monoisotopic (exact) mass is 245 g/mol. The molecule has 0 bridgehead atoms. The van der Waals surface area contributed by atoms with Crippen LogP contribution >= 0.6 is 0 Å². The molecule has 0 atom stereocenters. The van der Waals surface area contributed by atoms with Crippen LogP contribution in [0.2, 0.25) is 0 Å². The van der Waals surface area contributed by atoms with E-state index in [1.165, 1.54) is 0 Å². The van der Waals surface area contributed by atoms with Gasteiger partial charge in [0.15, 0.2) is 17.5 Å². The fraction of sp³-hybridized carbons (Fsp3) is 0.286. The molecule has 0 saturated heterocycles. The molecule has 2 aromatic rings. The lowest BCUT2D eigenvalue weighted by Gasteiger charge is -2.10. The van der Waals surface area contributed by atoms with Crippen LogP contribution in [0.15, 0.2) is 18.2 Å². The van der Waals surface area contributed by atoms with Gasteiger partial charge in [-0.05, 0) is 32.4 Å². The van der Waals surface area contributed by atoms with Crippen molar-refractivity contribution in [1.82, 2.24) is 9.97 Å². The Balaban J connectivity index is 2.64. The Kier molecular flexibility index (Phi) is 3.28. The number of benzene rings is 1. The number of hydrogen-bond acceptors (Lipinski definition) is 3. The lowest BCUT2D eigenvalue weighted by Crippen LogP contribution is -2.04. The van der Waals surface area contributed by atoms with E-state index < -0.39 is 5.82 Å². The van der Waals surface area contributed by atoms with Crippen molar-refractivity contribution >= 4 is 5.82 Å². The topological polar surface area (TPSA) is 37.8 Å². The van der Waals surface area contributed by atoms with Crippen LogP contribution in [-0.4, -0.2) is 17.0 Å². The van der Waals surface area contributed by atoms with Crippen LogP contribution in [0.25, 0.3) is 11.4 Å². The molecular formula is C14H16FN3. The lowest BCUT2D eigenvalue weighted by molar-refractivity contribution is 0.607. The van der Waals surface area contributed by atoms with Gasteiger partial charge in [0.2, 0.25) is 0 Å². The van der Waals surface area contributed by atoms with Gasteiger partial charge < -0.3 is 5.32 Å². The van der Waals surface area contributed by atoms with Gasteiger partial charge in [-0.3, -0.25) is 0 Å². The molecule has 0 unspecified atom stereocenters. The highest BCUT2D eigenvalue weighted by molar-refractivity contribution is 5.63. The van der Waals surface area contributed by atoms with Crippen LogP contribution in [0.3, 0.4) is 0 Å². The molecule has 2 rings (SSSR count). The van der Waals surface area contributed by atoms with Gasteiger partial charge in [0, 0.05) is 12.6 Å². The summed E-state index contributed by atoms with van der Waals surface area (Å²) in [4.78, 5) is 8.45. The van der Waals surface area contributed by atoms with E-state index in [9.17, 15) is 4.39 Å². The molecule has 0 fully saturated rings. The van der Waals surface area contributed by atoms with E-state index in [1.807, 2.05) is 32.0 Å². The molecule has 0 aliphatic rings. The number of anilines is 1. The van der Waals surface area contributed by atoms with Crippen LogP contribution in [0.4, 0.5) is 10.2 Å². The van der Waals surface area contributed by atoms with Crippen molar-refractivity contribution in [3.63, 3.8) is 0 Å². The van der Waals surface area contributed by atoms with E-state index in [0.717, 1.165) is 16.7 Å². The molecule has 1 aromatic heterocycles. The second-order valence-corrected chi connectivity index (χ2v) is 4.36. The lowest BCUT2D eigenvalue weighted by atomic mass is 10.1. The van der Waals surface area contributed by atoms with E-state index in [4.69, 9.17) is 0 Å². The Labute approximate surface area is 106 Å². The first-order valence-electron chi connectivity index (χ1n) is 5.82. The minimum Gasteiger partial charge on any atom is -0.371 e. The summed E-state index contributed by atoms with van der Waals surface area (Å²) in [5.74, 6) is 0.393. The van der Waals surface area contributed by atoms with E-state index >= 15 is 0 Å². The second kappa shape index (κ2) is 4.72. The van der Waals surface area contributed by atoms with Crippen LogP contribution in [-0.2, 0) is 0 Å². The molecule has 0 amide bonds. The summed E-state index contributed by atoms with van der Waals surface area (Å²) in [6, 6.07) is 6.07. The number of halogens is 1. The number of nitrogens with one attached hydrogen (secondary N) is 1. The quantitative estimate of drug-likeness (QED) is 0.882. The Hall–Kier alpha value is -1.97. The van der Waals surface area contributed by atoms with Gasteiger partial charge in [-0.25, -0.2) is 14.4 Å². The predicted octanol–water partition coefficient (Wildman–Crippen LogP) is 3.25. The first-order valence-corrected chi connectivity index (χ1v) is 5.82. The summed E-state index contributed by atoms with van der Waals surface area (Å²) in [6.07, 6.45) is 0. The largest absolute Gasteiger partial charge is 0.371 e. The fourth-order valence-corrected chi connectivity index (χ4v) is 1.82. The molecule has 1 N–H and O–H groups in total. The maximum Gasteiger partial charge on any atom is 0.186 e. The fourth-order valence-electron chi connectivity index (χ4n) is 1.82. The second-order valence-electron chi connectivity index (χ2n) is 4.36. The molecule has 0 spiro atoms. The average molecular weight is 245 g/mol. The normalized spacial score (nSPS) is 10.5. The zero-order valence-corrected chi connectivity index (χ0v) is 11.0. The van der Waals surface area contributed by atoms with Gasteiger partial charge in [-0.15, -0.1) is 0 Å². The highest BCUT2D eigenvalue weighted by atomic mass is 19.1. The van der Waals surface area contributed by atoms with Crippen molar-refractivity contribution in [2.45, 2.75) is 20.8 Å². The number of aromatic nitrogens is 2. The SMILES string of the molecule is CNc1nc(-c2cc(C)ccc2C)nc(C)c1F. The minimum absolute atomic E-state index is 0.235. The molecule has 0 saturated carbocycles. The van der Waals surface area contributed by atoms with Crippen molar-refractivity contribution in [2.75, 3.05) is 12.4 Å². The highest BCUT2D eigenvalue weighted by Gasteiger charge is 2.12. The molecule has 1 aromatic carbocycles. The van der Waals surface area contributed by atoms with Crippen LogP contribution < -0.4 is 5.32 Å². The van der Waals surface area contributed by atoms with E-state index in [0.29, 0.717) is 11.5 Å². The van der Waals surface area contributed by atoms with E-state index in [-0.39, 0.29) is 5.82 Å². The van der Waals surface area contributed by atoms with Crippen molar-refractivity contribution in [3.05, 3.63) is 40.8 Å². The molecule has 0 aliphatic heterocycles. The highest BCUT2D eigenvalue weighted by Crippen LogP contribution is 2.24. The smallest absolute Gasteiger partial charge is 0.186 e. The van der Waals surface area contributed by atoms with Crippen LogP contribution in [0.1, 0.15) is 16.8 Å². The van der Waals surface area contributed by atoms with Gasteiger partial charge >= 0.3 is 0 Å². The molecule has 94 valence electrons. The maximum atomic E-state index is 13.7. The Morgan fingerprint density at radius 3 is 2.50 bits per heavy atom. The maximum absolute atomic E-state index is 13.7. The van der Waals surface area contributed by atoms with E-state index in [2.05, 4.69) is 15.3 Å². The Morgan fingerprint density at radius 2 is 1.83 bits per heavy atom. The number of nitrogens with zero attached hydrogens (tertiary/aromatic N) is 2. The van der Waals surface area contributed by atoms with Crippen LogP contribution in [0.5, 0.6) is 0 Å². The number of rotatable bonds is 2. The molecule has 0 radical (unpaired) electrons.